The molecule has 0 aromatic heterocycles. The number of anilines is 1. The zero-order chi connectivity index (χ0) is 14.7. The molecule has 1 saturated heterocycles. The Kier molecular flexibility index (Phi) is 4.77. The minimum Gasteiger partial charge on any atom is -0.481 e. The van der Waals surface area contributed by atoms with Crippen molar-refractivity contribution in [2.75, 3.05) is 18.4 Å². The van der Waals surface area contributed by atoms with Crippen LogP contribution in [0.5, 0.6) is 0 Å². The first kappa shape index (κ1) is 15.0. The second-order valence-corrected chi connectivity index (χ2v) is 5.82. The van der Waals surface area contributed by atoms with Gasteiger partial charge in [0.05, 0.1) is 17.6 Å². The van der Waals surface area contributed by atoms with E-state index in [0.29, 0.717) is 19.5 Å². The number of rotatable bonds is 4. The van der Waals surface area contributed by atoms with Gasteiger partial charge in [-0.3, -0.25) is 14.5 Å². The van der Waals surface area contributed by atoms with E-state index in [9.17, 15) is 9.59 Å². The van der Waals surface area contributed by atoms with Crippen LogP contribution in [0.2, 0.25) is 0 Å². The van der Waals surface area contributed by atoms with E-state index in [1.165, 1.54) is 0 Å². The summed E-state index contributed by atoms with van der Waals surface area (Å²) >= 11 is 3.38. The molecule has 0 spiro atoms. The molecule has 0 bridgehead atoms. The van der Waals surface area contributed by atoms with Crippen molar-refractivity contribution in [1.29, 1.82) is 0 Å². The number of para-hydroxylation sites is 1. The fourth-order valence-corrected chi connectivity index (χ4v) is 2.69. The van der Waals surface area contributed by atoms with E-state index in [0.717, 1.165) is 10.2 Å². The molecule has 2 N–H and O–H groups in total. The van der Waals surface area contributed by atoms with E-state index in [-0.39, 0.29) is 17.9 Å². The molecule has 5 nitrogen and oxygen atoms in total. The summed E-state index contributed by atoms with van der Waals surface area (Å²) in [5.74, 6) is -1.28. The summed E-state index contributed by atoms with van der Waals surface area (Å²) in [6.07, 6.45) is 0.599. The van der Waals surface area contributed by atoms with Gasteiger partial charge in [-0.1, -0.05) is 12.1 Å². The monoisotopic (exact) mass is 340 g/mol. The van der Waals surface area contributed by atoms with Crippen LogP contribution in [0, 0.1) is 5.92 Å². The molecule has 1 aromatic rings. The molecule has 1 fully saturated rings. The number of benzene rings is 1. The summed E-state index contributed by atoms with van der Waals surface area (Å²) < 4.78 is 0.824. The minimum absolute atomic E-state index is 0.122. The van der Waals surface area contributed by atoms with Crippen LogP contribution >= 0.6 is 15.9 Å². The van der Waals surface area contributed by atoms with Crippen molar-refractivity contribution in [3.63, 3.8) is 0 Å². The Bertz CT molecular complexity index is 521. The molecule has 20 heavy (non-hydrogen) atoms. The van der Waals surface area contributed by atoms with Gasteiger partial charge in [0.2, 0.25) is 5.91 Å². The maximum Gasteiger partial charge on any atom is 0.307 e. The van der Waals surface area contributed by atoms with Crippen LogP contribution < -0.4 is 5.32 Å². The molecule has 1 heterocycles. The lowest BCUT2D eigenvalue weighted by Crippen LogP contribution is -2.41. The average molecular weight is 341 g/mol. The first-order valence-corrected chi connectivity index (χ1v) is 7.30. The first-order chi connectivity index (χ1) is 9.49. The first-order valence-electron chi connectivity index (χ1n) is 6.51. The maximum absolute atomic E-state index is 12.2. The average Bonchev–Trinajstić information content (AvgIpc) is 2.90. The van der Waals surface area contributed by atoms with E-state index >= 15 is 0 Å². The summed E-state index contributed by atoms with van der Waals surface area (Å²) in [6.45, 7) is 2.87. The molecule has 1 amide bonds. The second-order valence-electron chi connectivity index (χ2n) is 4.96. The van der Waals surface area contributed by atoms with Gasteiger partial charge in [-0.2, -0.15) is 0 Å². The Hall–Kier alpha value is -1.40. The van der Waals surface area contributed by atoms with Crippen LogP contribution in [0.15, 0.2) is 28.7 Å². The second kappa shape index (κ2) is 6.37. The molecule has 0 saturated carbocycles. The van der Waals surface area contributed by atoms with Gasteiger partial charge < -0.3 is 10.4 Å². The van der Waals surface area contributed by atoms with Crippen LogP contribution in [0.3, 0.4) is 0 Å². The Labute approximate surface area is 126 Å². The number of carbonyl (C=O) groups excluding carboxylic acids is 1. The van der Waals surface area contributed by atoms with E-state index < -0.39 is 5.97 Å². The van der Waals surface area contributed by atoms with Crippen molar-refractivity contribution >= 4 is 33.5 Å². The summed E-state index contributed by atoms with van der Waals surface area (Å²) in [7, 11) is 0. The fourth-order valence-electron chi connectivity index (χ4n) is 2.31. The topological polar surface area (TPSA) is 69.6 Å². The standard InChI is InChI=1S/C14H17BrN2O3/c1-9(17-7-6-10(8-17)14(19)20)13(18)16-12-5-3-2-4-11(12)15/h2-5,9-10H,6-8H2,1H3,(H,16,18)(H,19,20). The highest BCUT2D eigenvalue weighted by Gasteiger charge is 2.33. The number of aliphatic carboxylic acids is 1. The summed E-state index contributed by atoms with van der Waals surface area (Å²) in [5.41, 5.74) is 0.721. The molecule has 0 radical (unpaired) electrons. The van der Waals surface area contributed by atoms with Crippen molar-refractivity contribution < 1.29 is 14.7 Å². The quantitative estimate of drug-likeness (QED) is 0.881. The number of amides is 1. The fraction of sp³-hybridized carbons (Fsp3) is 0.429. The number of nitrogens with zero attached hydrogens (tertiary/aromatic N) is 1. The van der Waals surface area contributed by atoms with Crippen LogP contribution in [-0.2, 0) is 9.59 Å². The Morgan fingerprint density at radius 1 is 1.45 bits per heavy atom. The van der Waals surface area contributed by atoms with E-state index in [4.69, 9.17) is 5.11 Å². The predicted molar refractivity (Wildman–Crippen MR) is 79.5 cm³/mol. The van der Waals surface area contributed by atoms with E-state index in [2.05, 4.69) is 21.2 Å². The maximum atomic E-state index is 12.2. The molecule has 2 atom stereocenters. The largest absolute Gasteiger partial charge is 0.481 e. The highest BCUT2D eigenvalue weighted by molar-refractivity contribution is 9.10. The van der Waals surface area contributed by atoms with Gasteiger partial charge in [0.15, 0.2) is 0 Å². The number of carboxylic acids is 1. The smallest absolute Gasteiger partial charge is 0.307 e. The number of likely N-dealkylation sites (tertiary alicyclic amines) is 1. The number of hydrogen-bond acceptors (Lipinski definition) is 3. The number of hydrogen-bond donors (Lipinski definition) is 2. The van der Waals surface area contributed by atoms with Gasteiger partial charge in [0.25, 0.3) is 0 Å². The highest BCUT2D eigenvalue weighted by atomic mass is 79.9. The normalized spacial score (nSPS) is 20.6. The zero-order valence-corrected chi connectivity index (χ0v) is 12.8. The number of nitrogens with one attached hydrogen (secondary N) is 1. The lowest BCUT2D eigenvalue weighted by Gasteiger charge is -2.23. The van der Waals surface area contributed by atoms with Gasteiger partial charge >= 0.3 is 5.97 Å². The molecule has 108 valence electrons. The van der Waals surface area contributed by atoms with Gasteiger partial charge in [0, 0.05) is 11.0 Å². The molecule has 2 unspecified atom stereocenters. The zero-order valence-electron chi connectivity index (χ0n) is 11.2. The Morgan fingerprint density at radius 3 is 2.75 bits per heavy atom. The van der Waals surface area contributed by atoms with Crippen LogP contribution in [0.4, 0.5) is 5.69 Å². The number of carbonyl (C=O) groups is 2. The van der Waals surface area contributed by atoms with Gasteiger partial charge in [0.1, 0.15) is 0 Å². The third-order valence-electron chi connectivity index (χ3n) is 3.63. The molecule has 1 aliphatic rings. The van der Waals surface area contributed by atoms with Crippen molar-refractivity contribution in [3.05, 3.63) is 28.7 Å². The minimum atomic E-state index is -0.786. The van der Waals surface area contributed by atoms with Crippen LogP contribution in [0.25, 0.3) is 0 Å². The molecular formula is C14H17BrN2O3. The molecule has 2 rings (SSSR count). The van der Waals surface area contributed by atoms with Crippen molar-refractivity contribution in [2.24, 2.45) is 5.92 Å². The number of carboxylic acid groups (broad SMARTS) is 1. The van der Waals surface area contributed by atoms with Crippen LogP contribution in [-0.4, -0.2) is 41.0 Å². The lowest BCUT2D eigenvalue weighted by molar-refractivity contribution is -0.141. The third kappa shape index (κ3) is 3.37. The van der Waals surface area contributed by atoms with Crippen molar-refractivity contribution in [3.8, 4) is 0 Å². The van der Waals surface area contributed by atoms with Gasteiger partial charge in [-0.05, 0) is 48.0 Å². The van der Waals surface area contributed by atoms with E-state index in [1.54, 1.807) is 6.92 Å². The summed E-state index contributed by atoms with van der Waals surface area (Å²) in [4.78, 5) is 25.1. The SMILES string of the molecule is CC(C(=O)Nc1ccccc1Br)N1CCC(C(=O)O)C1. The van der Waals surface area contributed by atoms with Crippen LogP contribution in [0.1, 0.15) is 13.3 Å². The number of halogens is 1. The predicted octanol–water partition coefficient (Wildman–Crippen LogP) is 2.18. The summed E-state index contributed by atoms with van der Waals surface area (Å²) in [6, 6.07) is 7.06. The molecule has 1 aliphatic heterocycles. The van der Waals surface area contributed by atoms with Gasteiger partial charge in [-0.15, -0.1) is 0 Å². The molecular weight excluding hydrogens is 324 g/mol. The summed E-state index contributed by atoms with van der Waals surface area (Å²) in [5, 5.41) is 11.8. The molecule has 0 aliphatic carbocycles. The Morgan fingerprint density at radius 2 is 2.15 bits per heavy atom. The Balaban J connectivity index is 1.96. The molecule has 1 aromatic carbocycles. The van der Waals surface area contributed by atoms with E-state index in [1.807, 2.05) is 29.2 Å². The third-order valence-corrected chi connectivity index (χ3v) is 4.32. The highest BCUT2D eigenvalue weighted by Crippen LogP contribution is 2.23. The van der Waals surface area contributed by atoms with Crippen molar-refractivity contribution in [2.45, 2.75) is 19.4 Å². The van der Waals surface area contributed by atoms with Gasteiger partial charge in [-0.25, -0.2) is 0 Å². The lowest BCUT2D eigenvalue weighted by atomic mass is 10.1. The van der Waals surface area contributed by atoms with Crippen molar-refractivity contribution in [1.82, 2.24) is 4.90 Å². The molecule has 6 heteroatoms.